The summed E-state index contributed by atoms with van der Waals surface area (Å²) in [6.07, 6.45) is 0.0783. The minimum atomic E-state index is -0.401. The van der Waals surface area contributed by atoms with Gasteiger partial charge in [-0.2, -0.15) is 0 Å². The lowest BCUT2D eigenvalue weighted by atomic mass is 10.1. The second kappa shape index (κ2) is 8.06. The van der Waals surface area contributed by atoms with Gasteiger partial charge in [0.1, 0.15) is 11.6 Å². The molecule has 3 aromatic carbocycles. The third-order valence-corrected chi connectivity index (χ3v) is 4.59. The van der Waals surface area contributed by atoms with Gasteiger partial charge in [0.25, 0.3) is 0 Å². The Morgan fingerprint density at radius 1 is 0.897 bits per heavy atom. The molecular formula is C23H18FN3O2. The van der Waals surface area contributed by atoms with Crippen molar-refractivity contribution in [1.29, 1.82) is 0 Å². The van der Waals surface area contributed by atoms with Crippen molar-refractivity contribution >= 4 is 28.4 Å². The molecule has 4 aromatic rings. The van der Waals surface area contributed by atoms with E-state index in [0.717, 1.165) is 16.6 Å². The van der Waals surface area contributed by atoms with Gasteiger partial charge >= 0.3 is 0 Å². The van der Waals surface area contributed by atoms with Crippen molar-refractivity contribution in [2.45, 2.75) is 12.8 Å². The molecule has 0 saturated carbocycles. The minimum absolute atomic E-state index is 0.0324. The van der Waals surface area contributed by atoms with Gasteiger partial charge in [-0.1, -0.05) is 24.3 Å². The van der Waals surface area contributed by atoms with Crippen molar-refractivity contribution in [1.82, 2.24) is 9.97 Å². The maximum absolute atomic E-state index is 13.0. The first kappa shape index (κ1) is 18.6. The van der Waals surface area contributed by atoms with Crippen LogP contribution in [0.5, 0.6) is 0 Å². The second-order valence-electron chi connectivity index (χ2n) is 6.63. The largest absolute Gasteiger partial charge is 0.338 e. The summed E-state index contributed by atoms with van der Waals surface area (Å²) in [5, 5.41) is 2.86. The first-order valence-corrected chi connectivity index (χ1v) is 9.23. The maximum Gasteiger partial charge on any atom is 0.224 e. The predicted octanol–water partition coefficient (Wildman–Crippen LogP) is 4.97. The zero-order chi connectivity index (χ0) is 20.2. The van der Waals surface area contributed by atoms with Crippen molar-refractivity contribution in [2.75, 3.05) is 5.32 Å². The number of amides is 1. The van der Waals surface area contributed by atoms with E-state index < -0.39 is 5.82 Å². The van der Waals surface area contributed by atoms with E-state index in [-0.39, 0.29) is 24.5 Å². The summed E-state index contributed by atoms with van der Waals surface area (Å²) >= 11 is 0. The van der Waals surface area contributed by atoms with Gasteiger partial charge in [0.15, 0.2) is 5.78 Å². The van der Waals surface area contributed by atoms with E-state index in [0.29, 0.717) is 17.1 Å². The van der Waals surface area contributed by atoms with E-state index in [2.05, 4.69) is 15.3 Å². The van der Waals surface area contributed by atoms with Crippen LogP contribution in [0.25, 0.3) is 22.4 Å². The minimum Gasteiger partial charge on any atom is -0.338 e. The molecule has 6 heteroatoms. The number of fused-ring (bicyclic) bond motifs is 1. The highest BCUT2D eigenvalue weighted by Gasteiger charge is 2.13. The molecule has 0 saturated heterocycles. The third-order valence-electron chi connectivity index (χ3n) is 4.59. The Balaban J connectivity index is 1.46. The SMILES string of the molecule is O=C(CCC(=O)c1ccc(F)cc1)Nc1ccccc1-c1nc2ccccc2[nH]1. The fraction of sp³-hybridized carbons (Fsp3) is 0.0870. The second-order valence-corrected chi connectivity index (χ2v) is 6.63. The van der Waals surface area contributed by atoms with Crippen LogP contribution in [0.15, 0.2) is 72.8 Å². The molecule has 5 nitrogen and oxygen atoms in total. The number of anilines is 1. The smallest absolute Gasteiger partial charge is 0.224 e. The van der Waals surface area contributed by atoms with Crippen molar-refractivity contribution in [3.63, 3.8) is 0 Å². The number of halogens is 1. The molecule has 29 heavy (non-hydrogen) atoms. The lowest BCUT2D eigenvalue weighted by Crippen LogP contribution is -2.14. The van der Waals surface area contributed by atoms with Crippen molar-refractivity contribution in [2.24, 2.45) is 0 Å². The molecule has 0 atom stereocenters. The number of rotatable bonds is 6. The summed E-state index contributed by atoms with van der Waals surface area (Å²) in [7, 11) is 0. The Bertz CT molecular complexity index is 1150. The van der Waals surface area contributed by atoms with E-state index >= 15 is 0 Å². The monoisotopic (exact) mass is 387 g/mol. The number of carbonyl (C=O) groups excluding carboxylic acids is 2. The normalized spacial score (nSPS) is 10.8. The van der Waals surface area contributed by atoms with Crippen molar-refractivity contribution < 1.29 is 14.0 Å². The van der Waals surface area contributed by atoms with E-state index in [9.17, 15) is 14.0 Å². The summed E-state index contributed by atoms with van der Waals surface area (Å²) < 4.78 is 13.0. The number of para-hydroxylation sites is 3. The van der Waals surface area contributed by atoms with Gasteiger partial charge in [-0.3, -0.25) is 9.59 Å². The van der Waals surface area contributed by atoms with Crippen LogP contribution in [0.3, 0.4) is 0 Å². The predicted molar refractivity (Wildman–Crippen MR) is 110 cm³/mol. The van der Waals surface area contributed by atoms with Gasteiger partial charge in [0.2, 0.25) is 5.91 Å². The van der Waals surface area contributed by atoms with E-state index in [1.807, 2.05) is 42.5 Å². The van der Waals surface area contributed by atoms with Crippen LogP contribution in [-0.2, 0) is 4.79 Å². The first-order valence-electron chi connectivity index (χ1n) is 9.23. The van der Waals surface area contributed by atoms with Crippen molar-refractivity contribution in [3.8, 4) is 11.4 Å². The molecule has 0 spiro atoms. The Kier molecular flexibility index (Phi) is 5.16. The number of benzene rings is 3. The number of aromatic amines is 1. The maximum atomic E-state index is 13.0. The molecule has 0 fully saturated rings. The fourth-order valence-electron chi connectivity index (χ4n) is 3.10. The number of hydrogen-bond donors (Lipinski definition) is 2. The van der Waals surface area contributed by atoms with Crippen molar-refractivity contribution in [3.05, 3.63) is 84.2 Å². The standard InChI is InChI=1S/C23H18FN3O2/c24-16-11-9-15(10-12-16)21(28)13-14-22(29)25-18-6-2-1-5-17(18)23-26-19-7-3-4-8-20(19)27-23/h1-12H,13-14H2,(H,25,29)(H,26,27). The summed E-state index contributed by atoms with van der Waals surface area (Å²) in [5.41, 5.74) is 3.52. The lowest BCUT2D eigenvalue weighted by Gasteiger charge is -2.09. The average Bonchev–Trinajstić information content (AvgIpc) is 3.17. The molecule has 0 bridgehead atoms. The van der Waals surface area contributed by atoms with E-state index in [1.54, 1.807) is 6.07 Å². The third kappa shape index (κ3) is 4.21. The van der Waals surface area contributed by atoms with Crippen LogP contribution < -0.4 is 5.32 Å². The zero-order valence-corrected chi connectivity index (χ0v) is 15.5. The molecule has 2 N–H and O–H groups in total. The highest BCUT2D eigenvalue weighted by Crippen LogP contribution is 2.27. The van der Waals surface area contributed by atoms with Crippen LogP contribution in [0.4, 0.5) is 10.1 Å². The number of nitrogens with zero attached hydrogens (tertiary/aromatic N) is 1. The number of ketones is 1. The molecule has 0 radical (unpaired) electrons. The highest BCUT2D eigenvalue weighted by atomic mass is 19.1. The Morgan fingerprint density at radius 2 is 1.62 bits per heavy atom. The van der Waals surface area contributed by atoms with Crippen LogP contribution in [0, 0.1) is 5.82 Å². The summed E-state index contributed by atoms with van der Waals surface area (Å²) in [4.78, 5) is 32.4. The molecule has 4 rings (SSSR count). The number of imidazole rings is 1. The molecule has 0 aliphatic heterocycles. The molecule has 0 unspecified atom stereocenters. The van der Waals surface area contributed by atoms with Gasteiger partial charge < -0.3 is 10.3 Å². The van der Waals surface area contributed by atoms with Gasteiger partial charge in [0, 0.05) is 24.0 Å². The molecule has 1 amide bonds. The van der Waals surface area contributed by atoms with Crippen LogP contribution >= 0.6 is 0 Å². The Morgan fingerprint density at radius 3 is 2.41 bits per heavy atom. The Labute approximate surface area is 166 Å². The number of Topliss-reactive ketones (excluding diaryl/α,β-unsaturated/α-hetero) is 1. The van der Waals surface area contributed by atoms with Gasteiger partial charge in [0.05, 0.1) is 16.7 Å². The highest BCUT2D eigenvalue weighted by molar-refractivity contribution is 6.01. The van der Waals surface area contributed by atoms with Crippen LogP contribution in [0.1, 0.15) is 23.2 Å². The molecule has 0 aliphatic carbocycles. The number of H-pyrrole nitrogens is 1. The molecular weight excluding hydrogens is 369 g/mol. The van der Waals surface area contributed by atoms with Crippen LogP contribution in [-0.4, -0.2) is 21.7 Å². The number of hydrogen-bond acceptors (Lipinski definition) is 3. The number of carbonyl (C=O) groups is 2. The van der Waals surface area contributed by atoms with E-state index in [1.165, 1.54) is 24.3 Å². The Hall–Kier alpha value is -3.80. The molecule has 1 heterocycles. The number of aromatic nitrogens is 2. The molecule has 1 aromatic heterocycles. The van der Waals surface area contributed by atoms with Gasteiger partial charge in [-0.25, -0.2) is 9.37 Å². The number of nitrogens with one attached hydrogen (secondary N) is 2. The summed E-state index contributed by atoms with van der Waals surface area (Å²) in [5.74, 6) is -0.222. The summed E-state index contributed by atoms with van der Waals surface area (Å²) in [6.45, 7) is 0. The molecule has 0 aliphatic rings. The van der Waals surface area contributed by atoms with Gasteiger partial charge in [-0.05, 0) is 48.5 Å². The van der Waals surface area contributed by atoms with E-state index in [4.69, 9.17) is 0 Å². The zero-order valence-electron chi connectivity index (χ0n) is 15.5. The summed E-state index contributed by atoms with van der Waals surface area (Å²) in [6, 6.07) is 20.4. The lowest BCUT2D eigenvalue weighted by molar-refractivity contribution is -0.116. The quantitative estimate of drug-likeness (QED) is 0.459. The first-order chi connectivity index (χ1) is 14.1. The van der Waals surface area contributed by atoms with Gasteiger partial charge in [-0.15, -0.1) is 0 Å². The van der Waals surface area contributed by atoms with Crippen LogP contribution in [0.2, 0.25) is 0 Å². The topological polar surface area (TPSA) is 74.8 Å². The fourth-order valence-corrected chi connectivity index (χ4v) is 3.10. The molecule has 144 valence electrons. The average molecular weight is 387 g/mol.